The van der Waals surface area contributed by atoms with Crippen molar-refractivity contribution in [1.82, 2.24) is 9.97 Å². The van der Waals surface area contributed by atoms with Crippen molar-refractivity contribution in [2.75, 3.05) is 17.7 Å². The summed E-state index contributed by atoms with van der Waals surface area (Å²) < 4.78 is 38.4. The van der Waals surface area contributed by atoms with Crippen molar-refractivity contribution in [3.05, 3.63) is 47.3 Å². The SMILES string of the molecule is CNc1cc(C(F)(F)F)cc(NCc2ccc(C)nc2)n1. The Morgan fingerprint density at radius 3 is 2.43 bits per heavy atom. The number of nitrogens with one attached hydrogen (secondary N) is 2. The summed E-state index contributed by atoms with van der Waals surface area (Å²) in [4.78, 5) is 8.18. The molecule has 112 valence electrons. The highest BCUT2D eigenvalue weighted by Crippen LogP contribution is 2.32. The molecule has 0 amide bonds. The van der Waals surface area contributed by atoms with Crippen LogP contribution in [0, 0.1) is 6.92 Å². The summed E-state index contributed by atoms with van der Waals surface area (Å²) in [6.07, 6.45) is -2.73. The number of rotatable bonds is 4. The molecule has 4 nitrogen and oxygen atoms in total. The van der Waals surface area contributed by atoms with Crippen LogP contribution in [0.4, 0.5) is 24.8 Å². The molecule has 2 N–H and O–H groups in total. The van der Waals surface area contributed by atoms with E-state index in [1.165, 1.54) is 7.05 Å². The molecule has 0 aromatic carbocycles. The highest BCUT2D eigenvalue weighted by Gasteiger charge is 2.31. The minimum absolute atomic E-state index is 0.161. The van der Waals surface area contributed by atoms with E-state index in [2.05, 4.69) is 20.6 Å². The second kappa shape index (κ2) is 5.99. The fraction of sp³-hybridized carbons (Fsp3) is 0.286. The average molecular weight is 296 g/mol. The summed E-state index contributed by atoms with van der Waals surface area (Å²) in [7, 11) is 1.52. The predicted octanol–water partition coefficient (Wildman–Crippen LogP) is 3.46. The van der Waals surface area contributed by atoms with Crippen LogP contribution in [0.5, 0.6) is 0 Å². The lowest BCUT2D eigenvalue weighted by atomic mass is 10.2. The third kappa shape index (κ3) is 4.08. The predicted molar refractivity (Wildman–Crippen MR) is 75.1 cm³/mol. The van der Waals surface area contributed by atoms with Gasteiger partial charge in [0, 0.05) is 25.5 Å². The van der Waals surface area contributed by atoms with E-state index in [1.54, 1.807) is 6.20 Å². The van der Waals surface area contributed by atoms with E-state index in [0.29, 0.717) is 6.54 Å². The van der Waals surface area contributed by atoms with Gasteiger partial charge in [-0.25, -0.2) is 4.98 Å². The molecule has 2 rings (SSSR count). The molecule has 0 bridgehead atoms. The Kier molecular flexibility index (Phi) is 4.30. The first-order chi connectivity index (χ1) is 9.88. The van der Waals surface area contributed by atoms with E-state index < -0.39 is 11.7 Å². The van der Waals surface area contributed by atoms with E-state index in [-0.39, 0.29) is 11.6 Å². The number of nitrogens with zero attached hydrogens (tertiary/aromatic N) is 2. The van der Waals surface area contributed by atoms with Gasteiger partial charge in [-0.1, -0.05) is 6.07 Å². The maximum Gasteiger partial charge on any atom is 0.416 e. The first-order valence-corrected chi connectivity index (χ1v) is 6.31. The molecule has 0 radical (unpaired) electrons. The third-order valence-electron chi connectivity index (χ3n) is 2.86. The lowest BCUT2D eigenvalue weighted by Crippen LogP contribution is -2.10. The third-order valence-corrected chi connectivity index (χ3v) is 2.86. The second-order valence-corrected chi connectivity index (χ2v) is 4.54. The first kappa shape index (κ1) is 15.1. The smallest absolute Gasteiger partial charge is 0.373 e. The molecule has 0 unspecified atom stereocenters. The van der Waals surface area contributed by atoms with Crippen molar-refractivity contribution in [1.29, 1.82) is 0 Å². The molecule has 7 heteroatoms. The van der Waals surface area contributed by atoms with Crippen LogP contribution in [0.3, 0.4) is 0 Å². The molecule has 2 aromatic rings. The largest absolute Gasteiger partial charge is 0.416 e. The molecule has 0 fully saturated rings. The highest BCUT2D eigenvalue weighted by molar-refractivity contribution is 5.49. The summed E-state index contributed by atoms with van der Waals surface area (Å²) in [5.74, 6) is 0.323. The number of hydrogen-bond acceptors (Lipinski definition) is 4. The first-order valence-electron chi connectivity index (χ1n) is 6.31. The van der Waals surface area contributed by atoms with Crippen LogP contribution >= 0.6 is 0 Å². The minimum atomic E-state index is -4.41. The summed E-state index contributed by atoms with van der Waals surface area (Å²) in [6.45, 7) is 2.22. The topological polar surface area (TPSA) is 49.8 Å². The van der Waals surface area contributed by atoms with Gasteiger partial charge in [-0.05, 0) is 30.7 Å². The van der Waals surface area contributed by atoms with E-state index in [4.69, 9.17) is 0 Å². The number of aromatic nitrogens is 2. The zero-order valence-electron chi connectivity index (χ0n) is 11.6. The van der Waals surface area contributed by atoms with Crippen molar-refractivity contribution >= 4 is 11.6 Å². The van der Waals surface area contributed by atoms with Crippen LogP contribution in [-0.4, -0.2) is 17.0 Å². The zero-order valence-corrected chi connectivity index (χ0v) is 11.6. The van der Waals surface area contributed by atoms with Gasteiger partial charge in [0.1, 0.15) is 11.6 Å². The van der Waals surface area contributed by atoms with Crippen LogP contribution in [0.15, 0.2) is 30.5 Å². The summed E-state index contributed by atoms with van der Waals surface area (Å²) in [5, 5.41) is 5.50. The van der Waals surface area contributed by atoms with Crippen molar-refractivity contribution in [2.24, 2.45) is 0 Å². The van der Waals surface area contributed by atoms with E-state index in [9.17, 15) is 13.2 Å². The summed E-state index contributed by atoms with van der Waals surface area (Å²) >= 11 is 0. The van der Waals surface area contributed by atoms with Gasteiger partial charge in [0.15, 0.2) is 0 Å². The van der Waals surface area contributed by atoms with Crippen LogP contribution < -0.4 is 10.6 Å². The minimum Gasteiger partial charge on any atom is -0.373 e. The molecule has 0 aliphatic heterocycles. The van der Waals surface area contributed by atoms with Crippen LogP contribution in [0.2, 0.25) is 0 Å². The maximum atomic E-state index is 12.8. The van der Waals surface area contributed by atoms with E-state index >= 15 is 0 Å². The number of alkyl halides is 3. The van der Waals surface area contributed by atoms with Crippen molar-refractivity contribution in [3.8, 4) is 0 Å². The van der Waals surface area contributed by atoms with Gasteiger partial charge >= 0.3 is 6.18 Å². The highest BCUT2D eigenvalue weighted by atomic mass is 19.4. The van der Waals surface area contributed by atoms with Crippen LogP contribution in [-0.2, 0) is 12.7 Å². The zero-order chi connectivity index (χ0) is 15.5. The molecule has 0 spiro atoms. The van der Waals surface area contributed by atoms with Gasteiger partial charge < -0.3 is 10.6 Å². The number of anilines is 2. The Hall–Kier alpha value is -2.31. The van der Waals surface area contributed by atoms with Gasteiger partial charge in [-0.2, -0.15) is 13.2 Å². The van der Waals surface area contributed by atoms with Gasteiger partial charge in [0.25, 0.3) is 0 Å². The summed E-state index contributed by atoms with van der Waals surface area (Å²) in [5.41, 5.74) is 1.01. The lowest BCUT2D eigenvalue weighted by molar-refractivity contribution is -0.137. The second-order valence-electron chi connectivity index (χ2n) is 4.54. The molecule has 21 heavy (non-hydrogen) atoms. The molecule has 0 saturated carbocycles. The number of aryl methyl sites for hydroxylation is 1. The molecule has 0 aliphatic rings. The van der Waals surface area contributed by atoms with E-state index in [0.717, 1.165) is 23.4 Å². The Morgan fingerprint density at radius 1 is 1.14 bits per heavy atom. The molecule has 0 atom stereocenters. The fourth-order valence-corrected chi connectivity index (χ4v) is 1.71. The average Bonchev–Trinajstić information content (AvgIpc) is 2.45. The van der Waals surface area contributed by atoms with Crippen LogP contribution in [0.1, 0.15) is 16.8 Å². The maximum absolute atomic E-state index is 12.8. The fourth-order valence-electron chi connectivity index (χ4n) is 1.71. The van der Waals surface area contributed by atoms with Crippen molar-refractivity contribution < 1.29 is 13.2 Å². The van der Waals surface area contributed by atoms with Gasteiger partial charge in [0.2, 0.25) is 0 Å². The number of hydrogen-bond donors (Lipinski definition) is 2. The number of halogens is 3. The van der Waals surface area contributed by atoms with Gasteiger partial charge in [-0.3, -0.25) is 4.98 Å². The Bertz CT molecular complexity index is 609. The molecule has 2 heterocycles. The standard InChI is InChI=1S/C14H15F3N4/c1-9-3-4-10(7-19-9)8-20-13-6-11(14(15,16)17)5-12(18-2)21-13/h3-7H,8H2,1-2H3,(H2,18,20,21). The van der Waals surface area contributed by atoms with Gasteiger partial charge in [-0.15, -0.1) is 0 Å². The quantitative estimate of drug-likeness (QED) is 0.907. The Morgan fingerprint density at radius 2 is 1.86 bits per heavy atom. The van der Waals surface area contributed by atoms with Crippen LogP contribution in [0.25, 0.3) is 0 Å². The molecular weight excluding hydrogens is 281 g/mol. The normalized spacial score (nSPS) is 11.3. The van der Waals surface area contributed by atoms with Gasteiger partial charge in [0.05, 0.1) is 5.56 Å². The Labute approximate surface area is 120 Å². The molecular formula is C14H15F3N4. The summed E-state index contributed by atoms with van der Waals surface area (Å²) in [6, 6.07) is 5.67. The number of pyridine rings is 2. The lowest BCUT2D eigenvalue weighted by Gasteiger charge is -2.12. The monoisotopic (exact) mass is 296 g/mol. The molecule has 2 aromatic heterocycles. The van der Waals surface area contributed by atoms with E-state index in [1.807, 2.05) is 19.1 Å². The van der Waals surface area contributed by atoms with Crippen molar-refractivity contribution in [2.45, 2.75) is 19.6 Å². The molecule has 0 saturated heterocycles. The Balaban J connectivity index is 2.17. The van der Waals surface area contributed by atoms with Crippen molar-refractivity contribution in [3.63, 3.8) is 0 Å². The molecule has 0 aliphatic carbocycles.